The number of halogens is 1. The van der Waals surface area contributed by atoms with E-state index in [9.17, 15) is 4.79 Å². The van der Waals surface area contributed by atoms with Crippen LogP contribution in [0.2, 0.25) is 0 Å². The molecule has 5 nitrogen and oxygen atoms in total. The van der Waals surface area contributed by atoms with Crippen LogP contribution < -0.4 is 10.1 Å². The number of hydrogen-bond donors (Lipinski definition) is 1. The van der Waals surface area contributed by atoms with Gasteiger partial charge in [0.15, 0.2) is 0 Å². The summed E-state index contributed by atoms with van der Waals surface area (Å²) in [7, 11) is 1.61. The van der Waals surface area contributed by atoms with Gasteiger partial charge in [-0.25, -0.2) is 4.68 Å². The van der Waals surface area contributed by atoms with Gasteiger partial charge in [0.25, 0.3) is 5.91 Å². The molecule has 0 saturated carbocycles. The highest BCUT2D eigenvalue weighted by Crippen LogP contribution is 2.22. The largest absolute Gasteiger partial charge is 0.496 e. The van der Waals surface area contributed by atoms with Crippen molar-refractivity contribution in [1.29, 1.82) is 0 Å². The normalized spacial score (nSPS) is 10.4. The summed E-state index contributed by atoms with van der Waals surface area (Å²) in [6.07, 6.45) is 3.27. The number of nitrogens with zero attached hydrogens (tertiary/aromatic N) is 2. The molecule has 0 aliphatic heterocycles. The van der Waals surface area contributed by atoms with Crippen molar-refractivity contribution in [3.63, 3.8) is 0 Å². The third kappa shape index (κ3) is 3.65. The minimum Gasteiger partial charge on any atom is -0.496 e. The van der Waals surface area contributed by atoms with Crippen molar-refractivity contribution < 1.29 is 9.53 Å². The van der Waals surface area contributed by atoms with E-state index >= 15 is 0 Å². The lowest BCUT2D eigenvalue weighted by atomic mass is 10.2. The smallest absolute Gasteiger partial charge is 0.254 e. The number of amides is 1. The van der Waals surface area contributed by atoms with Crippen LogP contribution in [0.25, 0.3) is 5.69 Å². The molecule has 0 atom stereocenters. The van der Waals surface area contributed by atoms with Crippen LogP contribution in [0.4, 0.5) is 0 Å². The zero-order valence-corrected chi connectivity index (χ0v) is 14.7. The van der Waals surface area contributed by atoms with Crippen LogP contribution in [-0.2, 0) is 6.54 Å². The third-order valence-electron chi connectivity index (χ3n) is 3.55. The van der Waals surface area contributed by atoms with Gasteiger partial charge in [0.2, 0.25) is 0 Å². The first kappa shape index (κ1) is 16.3. The Balaban J connectivity index is 1.70. The zero-order valence-electron chi connectivity index (χ0n) is 13.1. The minimum absolute atomic E-state index is 0.181. The van der Waals surface area contributed by atoms with E-state index in [1.807, 2.05) is 48.5 Å². The van der Waals surface area contributed by atoms with Gasteiger partial charge in [-0.1, -0.05) is 34.1 Å². The topological polar surface area (TPSA) is 56.1 Å². The maximum Gasteiger partial charge on any atom is 0.254 e. The zero-order chi connectivity index (χ0) is 16.9. The highest BCUT2D eigenvalue weighted by atomic mass is 79.9. The molecule has 0 bridgehead atoms. The monoisotopic (exact) mass is 385 g/mol. The highest BCUT2D eigenvalue weighted by molar-refractivity contribution is 9.10. The Morgan fingerprint density at radius 2 is 2.04 bits per heavy atom. The van der Waals surface area contributed by atoms with Crippen LogP contribution in [0.1, 0.15) is 15.9 Å². The molecule has 0 radical (unpaired) electrons. The van der Waals surface area contributed by atoms with E-state index in [0.717, 1.165) is 21.5 Å². The standard InChI is InChI=1S/C18H16BrN3O2/c1-24-17-8-7-15(19)9-13(17)10-20-18(23)14-11-21-22(12-14)16-5-3-2-4-6-16/h2-9,11-12H,10H2,1H3,(H,20,23). The van der Waals surface area contributed by atoms with Gasteiger partial charge >= 0.3 is 0 Å². The van der Waals surface area contributed by atoms with Crippen molar-refractivity contribution in [1.82, 2.24) is 15.1 Å². The second-order valence-electron chi connectivity index (χ2n) is 5.15. The third-order valence-corrected chi connectivity index (χ3v) is 4.04. The molecule has 0 unspecified atom stereocenters. The summed E-state index contributed by atoms with van der Waals surface area (Å²) in [4.78, 5) is 12.3. The van der Waals surface area contributed by atoms with Crippen LogP contribution in [-0.4, -0.2) is 22.8 Å². The fourth-order valence-electron chi connectivity index (χ4n) is 2.32. The Morgan fingerprint density at radius 1 is 1.25 bits per heavy atom. The number of methoxy groups -OCH3 is 1. The van der Waals surface area contributed by atoms with Crippen LogP contribution >= 0.6 is 15.9 Å². The maximum atomic E-state index is 12.3. The number of nitrogens with one attached hydrogen (secondary N) is 1. The average Bonchev–Trinajstić information content (AvgIpc) is 3.11. The second-order valence-corrected chi connectivity index (χ2v) is 6.06. The summed E-state index contributed by atoms with van der Waals surface area (Å²) in [5, 5.41) is 7.12. The molecule has 1 heterocycles. The predicted octanol–water partition coefficient (Wildman–Crippen LogP) is 3.57. The van der Waals surface area contributed by atoms with Gasteiger partial charge in [-0.05, 0) is 30.3 Å². The number of para-hydroxylation sites is 1. The molecule has 1 N–H and O–H groups in total. The lowest BCUT2D eigenvalue weighted by molar-refractivity contribution is 0.0950. The number of carbonyl (C=O) groups is 1. The molecule has 122 valence electrons. The van der Waals surface area contributed by atoms with E-state index in [1.165, 1.54) is 0 Å². The maximum absolute atomic E-state index is 12.3. The van der Waals surface area contributed by atoms with E-state index in [1.54, 1.807) is 24.2 Å². The van der Waals surface area contributed by atoms with Gasteiger partial charge in [0.1, 0.15) is 5.75 Å². The molecule has 2 aromatic carbocycles. The lowest BCUT2D eigenvalue weighted by Gasteiger charge is -2.09. The van der Waals surface area contributed by atoms with Gasteiger partial charge in [-0.3, -0.25) is 4.79 Å². The van der Waals surface area contributed by atoms with Crippen molar-refractivity contribution in [2.45, 2.75) is 6.54 Å². The number of ether oxygens (including phenoxy) is 1. The number of carbonyl (C=O) groups excluding carboxylic acids is 1. The van der Waals surface area contributed by atoms with Crippen LogP contribution in [0, 0.1) is 0 Å². The molecule has 1 amide bonds. The fourth-order valence-corrected chi connectivity index (χ4v) is 2.73. The highest BCUT2D eigenvalue weighted by Gasteiger charge is 2.11. The molecule has 0 fully saturated rings. The summed E-state index contributed by atoms with van der Waals surface area (Å²) in [5.74, 6) is 0.553. The van der Waals surface area contributed by atoms with Crippen molar-refractivity contribution in [3.05, 3.63) is 76.5 Å². The first-order valence-corrected chi connectivity index (χ1v) is 8.17. The first-order valence-electron chi connectivity index (χ1n) is 7.38. The Labute approximate surface area is 148 Å². The average molecular weight is 386 g/mol. The predicted molar refractivity (Wildman–Crippen MR) is 95.4 cm³/mol. The van der Waals surface area contributed by atoms with Crippen molar-refractivity contribution in [2.75, 3.05) is 7.11 Å². The number of hydrogen-bond acceptors (Lipinski definition) is 3. The minimum atomic E-state index is -0.181. The number of rotatable bonds is 5. The van der Waals surface area contributed by atoms with Crippen LogP contribution in [0.3, 0.4) is 0 Å². The fraction of sp³-hybridized carbons (Fsp3) is 0.111. The van der Waals surface area contributed by atoms with Crippen LogP contribution in [0.15, 0.2) is 65.4 Å². The molecular formula is C18H16BrN3O2. The summed E-state index contributed by atoms with van der Waals surface area (Å²) in [6, 6.07) is 15.3. The summed E-state index contributed by atoms with van der Waals surface area (Å²) in [5.41, 5.74) is 2.31. The molecule has 0 spiro atoms. The van der Waals surface area contributed by atoms with Gasteiger partial charge in [-0.15, -0.1) is 0 Å². The van der Waals surface area contributed by atoms with Gasteiger partial charge in [0.05, 0.1) is 24.6 Å². The lowest BCUT2D eigenvalue weighted by Crippen LogP contribution is -2.22. The van der Waals surface area contributed by atoms with Crippen molar-refractivity contribution >= 4 is 21.8 Å². The van der Waals surface area contributed by atoms with Crippen LogP contribution in [0.5, 0.6) is 5.75 Å². The Kier molecular flexibility index (Phi) is 4.96. The molecule has 0 aliphatic carbocycles. The van der Waals surface area contributed by atoms with E-state index in [0.29, 0.717) is 12.1 Å². The van der Waals surface area contributed by atoms with E-state index in [4.69, 9.17) is 4.74 Å². The second kappa shape index (κ2) is 7.31. The first-order chi connectivity index (χ1) is 11.7. The molecule has 3 rings (SSSR count). The van der Waals surface area contributed by atoms with E-state index in [2.05, 4.69) is 26.3 Å². The Bertz CT molecular complexity index is 846. The number of benzene rings is 2. The molecule has 1 aromatic heterocycles. The quantitative estimate of drug-likeness (QED) is 0.730. The molecule has 24 heavy (non-hydrogen) atoms. The molecule has 0 aliphatic rings. The Hall–Kier alpha value is -2.60. The SMILES string of the molecule is COc1ccc(Br)cc1CNC(=O)c1cnn(-c2ccccc2)c1. The van der Waals surface area contributed by atoms with Gasteiger partial charge in [-0.2, -0.15) is 5.10 Å². The Morgan fingerprint density at radius 3 is 2.79 bits per heavy atom. The molecule has 6 heteroatoms. The summed E-state index contributed by atoms with van der Waals surface area (Å²) in [6.45, 7) is 0.373. The molecular weight excluding hydrogens is 370 g/mol. The molecule has 3 aromatic rings. The van der Waals surface area contributed by atoms with Gasteiger partial charge < -0.3 is 10.1 Å². The van der Waals surface area contributed by atoms with Crippen molar-refractivity contribution in [3.8, 4) is 11.4 Å². The van der Waals surface area contributed by atoms with Gasteiger partial charge in [0, 0.05) is 22.8 Å². The van der Waals surface area contributed by atoms with E-state index in [-0.39, 0.29) is 5.91 Å². The van der Waals surface area contributed by atoms with Crippen molar-refractivity contribution in [2.24, 2.45) is 0 Å². The summed E-state index contributed by atoms with van der Waals surface area (Å²) >= 11 is 3.43. The summed E-state index contributed by atoms with van der Waals surface area (Å²) < 4.78 is 7.92. The molecule has 0 saturated heterocycles. The van der Waals surface area contributed by atoms with E-state index < -0.39 is 0 Å². The number of aromatic nitrogens is 2.